The first kappa shape index (κ1) is 14.5. The third kappa shape index (κ3) is 3.23. The van der Waals surface area contributed by atoms with Crippen molar-refractivity contribution in [2.45, 2.75) is 40.2 Å². The molecule has 1 aromatic rings. The smallest absolute Gasteiger partial charge is 0.254 e. The van der Waals surface area contributed by atoms with E-state index in [9.17, 15) is 4.79 Å². The molecule has 0 spiro atoms. The molecule has 4 heteroatoms. The van der Waals surface area contributed by atoms with Crippen molar-refractivity contribution in [3.63, 3.8) is 0 Å². The normalized spacial score (nSPS) is 10.6. The molecule has 1 rings (SSSR count). The molecule has 0 aliphatic heterocycles. The number of nitrogens with zero attached hydrogens (tertiary/aromatic N) is 1. The van der Waals surface area contributed by atoms with Crippen LogP contribution in [-0.2, 0) is 0 Å². The van der Waals surface area contributed by atoms with E-state index in [1.807, 2.05) is 43.9 Å². The number of nitrogens with one attached hydrogen (secondary N) is 1. The van der Waals surface area contributed by atoms with Crippen LogP contribution in [-0.4, -0.2) is 23.4 Å². The first-order valence-electron chi connectivity index (χ1n) is 6.39. The van der Waals surface area contributed by atoms with Crippen LogP contribution in [0.3, 0.4) is 0 Å². The standard InChI is InChI=1S/C14H23N3O/c1-5-8-17(10(2)3)14(18)13-7-6-12(16-15)9-11(13)4/h6-7,9-10,16H,5,8,15H2,1-4H3. The summed E-state index contributed by atoms with van der Waals surface area (Å²) in [6.45, 7) is 8.87. The van der Waals surface area contributed by atoms with Crippen LogP contribution in [0, 0.1) is 6.92 Å². The maximum absolute atomic E-state index is 12.5. The summed E-state index contributed by atoms with van der Waals surface area (Å²) >= 11 is 0. The summed E-state index contributed by atoms with van der Waals surface area (Å²) in [5, 5.41) is 0. The molecule has 1 amide bonds. The van der Waals surface area contributed by atoms with Gasteiger partial charge in [0.05, 0.1) is 0 Å². The summed E-state index contributed by atoms with van der Waals surface area (Å²) in [5.41, 5.74) is 5.09. The van der Waals surface area contributed by atoms with E-state index in [1.54, 1.807) is 0 Å². The first-order chi connectivity index (χ1) is 8.51. The summed E-state index contributed by atoms with van der Waals surface area (Å²) in [5.74, 6) is 5.45. The van der Waals surface area contributed by atoms with Crippen molar-refractivity contribution in [2.24, 2.45) is 5.84 Å². The van der Waals surface area contributed by atoms with Crippen molar-refractivity contribution >= 4 is 11.6 Å². The minimum atomic E-state index is 0.0907. The molecule has 18 heavy (non-hydrogen) atoms. The lowest BCUT2D eigenvalue weighted by Crippen LogP contribution is -2.37. The summed E-state index contributed by atoms with van der Waals surface area (Å²) in [4.78, 5) is 14.4. The molecule has 1 aromatic carbocycles. The monoisotopic (exact) mass is 249 g/mol. The van der Waals surface area contributed by atoms with Crippen LogP contribution in [0.5, 0.6) is 0 Å². The van der Waals surface area contributed by atoms with E-state index in [0.717, 1.165) is 29.8 Å². The number of nitrogens with two attached hydrogens (primary N) is 1. The van der Waals surface area contributed by atoms with Crippen molar-refractivity contribution in [2.75, 3.05) is 12.0 Å². The fraction of sp³-hybridized carbons (Fsp3) is 0.500. The molecule has 0 saturated heterocycles. The Morgan fingerprint density at radius 1 is 1.44 bits per heavy atom. The molecule has 0 saturated carbocycles. The molecule has 0 atom stereocenters. The van der Waals surface area contributed by atoms with E-state index in [0.29, 0.717) is 0 Å². The SMILES string of the molecule is CCCN(C(=O)c1ccc(NN)cc1C)C(C)C. The maximum atomic E-state index is 12.5. The Bertz CT molecular complexity index is 416. The van der Waals surface area contributed by atoms with E-state index in [-0.39, 0.29) is 11.9 Å². The van der Waals surface area contributed by atoms with Crippen LogP contribution < -0.4 is 11.3 Å². The lowest BCUT2D eigenvalue weighted by molar-refractivity contribution is 0.0705. The fourth-order valence-corrected chi connectivity index (χ4v) is 1.98. The molecular formula is C14H23N3O. The Kier molecular flexibility index (Phi) is 5.16. The third-order valence-corrected chi connectivity index (χ3v) is 2.97. The minimum absolute atomic E-state index is 0.0907. The van der Waals surface area contributed by atoms with Gasteiger partial charge in [0.25, 0.3) is 5.91 Å². The van der Waals surface area contributed by atoms with Crippen molar-refractivity contribution in [3.8, 4) is 0 Å². The molecule has 100 valence electrons. The van der Waals surface area contributed by atoms with Crippen LogP contribution in [0.2, 0.25) is 0 Å². The second-order valence-electron chi connectivity index (χ2n) is 4.77. The lowest BCUT2D eigenvalue weighted by atomic mass is 10.1. The van der Waals surface area contributed by atoms with Crippen LogP contribution in [0.1, 0.15) is 43.1 Å². The second-order valence-corrected chi connectivity index (χ2v) is 4.77. The van der Waals surface area contributed by atoms with Crippen LogP contribution in [0.25, 0.3) is 0 Å². The quantitative estimate of drug-likeness (QED) is 0.623. The number of amides is 1. The van der Waals surface area contributed by atoms with Gasteiger partial charge in [-0.15, -0.1) is 0 Å². The van der Waals surface area contributed by atoms with E-state index >= 15 is 0 Å². The fourth-order valence-electron chi connectivity index (χ4n) is 1.98. The molecule has 0 radical (unpaired) electrons. The Hall–Kier alpha value is -1.55. The van der Waals surface area contributed by atoms with Gasteiger partial charge in [-0.25, -0.2) is 0 Å². The Labute approximate surface area is 109 Å². The number of nitrogen functional groups attached to an aromatic ring is 1. The number of benzene rings is 1. The van der Waals surface area contributed by atoms with Gasteiger partial charge in [0, 0.05) is 23.8 Å². The number of anilines is 1. The van der Waals surface area contributed by atoms with Gasteiger partial charge in [0.15, 0.2) is 0 Å². The number of carbonyl (C=O) groups excluding carboxylic acids is 1. The Morgan fingerprint density at radius 3 is 2.56 bits per heavy atom. The molecule has 4 nitrogen and oxygen atoms in total. The van der Waals surface area contributed by atoms with Gasteiger partial charge in [-0.05, 0) is 51.0 Å². The van der Waals surface area contributed by atoms with Crippen molar-refractivity contribution in [3.05, 3.63) is 29.3 Å². The molecule has 0 aromatic heterocycles. The Morgan fingerprint density at radius 2 is 2.11 bits per heavy atom. The van der Waals surface area contributed by atoms with Gasteiger partial charge in [-0.1, -0.05) is 6.92 Å². The zero-order valence-corrected chi connectivity index (χ0v) is 11.7. The topological polar surface area (TPSA) is 58.4 Å². The lowest BCUT2D eigenvalue weighted by Gasteiger charge is -2.27. The average Bonchev–Trinajstić information content (AvgIpc) is 2.34. The average molecular weight is 249 g/mol. The summed E-state index contributed by atoms with van der Waals surface area (Å²) in [7, 11) is 0. The maximum Gasteiger partial charge on any atom is 0.254 e. The molecule has 0 unspecified atom stereocenters. The highest BCUT2D eigenvalue weighted by Gasteiger charge is 2.19. The number of hydrogen-bond acceptors (Lipinski definition) is 3. The summed E-state index contributed by atoms with van der Waals surface area (Å²) < 4.78 is 0. The number of rotatable bonds is 5. The molecule has 0 aliphatic rings. The third-order valence-electron chi connectivity index (χ3n) is 2.97. The zero-order valence-electron chi connectivity index (χ0n) is 11.7. The van der Waals surface area contributed by atoms with Crippen molar-refractivity contribution in [1.29, 1.82) is 0 Å². The van der Waals surface area contributed by atoms with E-state index in [4.69, 9.17) is 5.84 Å². The van der Waals surface area contributed by atoms with Gasteiger partial charge in [-0.2, -0.15) is 0 Å². The van der Waals surface area contributed by atoms with Gasteiger partial charge >= 0.3 is 0 Å². The van der Waals surface area contributed by atoms with E-state index < -0.39 is 0 Å². The van der Waals surface area contributed by atoms with Crippen LogP contribution in [0.15, 0.2) is 18.2 Å². The minimum Gasteiger partial charge on any atom is -0.336 e. The molecule has 0 heterocycles. The highest BCUT2D eigenvalue weighted by Crippen LogP contribution is 2.17. The highest BCUT2D eigenvalue weighted by atomic mass is 16.2. The molecule has 3 N–H and O–H groups in total. The summed E-state index contributed by atoms with van der Waals surface area (Å²) in [6, 6.07) is 5.75. The van der Waals surface area contributed by atoms with E-state index in [2.05, 4.69) is 12.3 Å². The molecule has 0 fully saturated rings. The number of carbonyl (C=O) groups is 1. The largest absolute Gasteiger partial charge is 0.336 e. The first-order valence-corrected chi connectivity index (χ1v) is 6.39. The molecule has 0 aliphatic carbocycles. The molecular weight excluding hydrogens is 226 g/mol. The Balaban J connectivity index is 3.01. The zero-order chi connectivity index (χ0) is 13.7. The van der Waals surface area contributed by atoms with Gasteiger partial charge in [0.1, 0.15) is 0 Å². The van der Waals surface area contributed by atoms with Gasteiger partial charge in [0.2, 0.25) is 0 Å². The second kappa shape index (κ2) is 6.40. The number of hydrazine groups is 1. The summed E-state index contributed by atoms with van der Waals surface area (Å²) in [6.07, 6.45) is 0.964. The highest BCUT2D eigenvalue weighted by molar-refractivity contribution is 5.96. The van der Waals surface area contributed by atoms with Crippen LogP contribution >= 0.6 is 0 Å². The van der Waals surface area contributed by atoms with Gasteiger partial charge in [-0.3, -0.25) is 10.6 Å². The predicted octanol–water partition coefficient (Wildman–Crippen LogP) is 2.54. The number of aryl methyl sites for hydroxylation is 1. The van der Waals surface area contributed by atoms with Crippen LogP contribution in [0.4, 0.5) is 5.69 Å². The van der Waals surface area contributed by atoms with Gasteiger partial charge < -0.3 is 10.3 Å². The van der Waals surface area contributed by atoms with Crippen molar-refractivity contribution in [1.82, 2.24) is 4.90 Å². The predicted molar refractivity (Wildman–Crippen MR) is 75.5 cm³/mol. The number of hydrogen-bond donors (Lipinski definition) is 2. The van der Waals surface area contributed by atoms with E-state index in [1.165, 1.54) is 0 Å². The van der Waals surface area contributed by atoms with Crippen molar-refractivity contribution < 1.29 is 4.79 Å². The molecule has 0 bridgehead atoms.